The summed E-state index contributed by atoms with van der Waals surface area (Å²) in [5.41, 5.74) is 0.917. The molecule has 0 aliphatic carbocycles. The number of nitrogens with zero attached hydrogens (tertiary/aromatic N) is 1. The molecule has 9 nitrogen and oxygen atoms in total. The molecule has 2 amide bonds. The highest BCUT2D eigenvalue weighted by molar-refractivity contribution is 6.34. The van der Waals surface area contributed by atoms with Crippen molar-refractivity contribution < 1.29 is 37.8 Å². The van der Waals surface area contributed by atoms with Crippen LogP contribution in [0.25, 0.3) is 0 Å². The predicted molar refractivity (Wildman–Crippen MR) is 119 cm³/mol. The number of hydrogen-bond donors (Lipinski definition) is 0. The molecule has 174 valence electrons. The fourth-order valence-electron chi connectivity index (χ4n) is 3.52. The zero-order valence-electron chi connectivity index (χ0n) is 18.5. The summed E-state index contributed by atoms with van der Waals surface area (Å²) in [6.07, 6.45) is 1.30. The maximum absolute atomic E-state index is 13.0. The van der Waals surface area contributed by atoms with Crippen LogP contribution in [0, 0.1) is 0 Å². The number of furan rings is 1. The number of carbonyl (C=O) groups excluding carboxylic acids is 4. The van der Waals surface area contributed by atoms with E-state index in [4.69, 9.17) is 18.6 Å². The molecular formula is C25H21NO8. The summed E-state index contributed by atoms with van der Waals surface area (Å²) < 4.78 is 20.8. The van der Waals surface area contributed by atoms with E-state index in [0.29, 0.717) is 18.0 Å². The van der Waals surface area contributed by atoms with Crippen LogP contribution in [-0.4, -0.2) is 37.0 Å². The van der Waals surface area contributed by atoms with Gasteiger partial charge in [-0.05, 0) is 62.4 Å². The summed E-state index contributed by atoms with van der Waals surface area (Å²) in [4.78, 5) is 51.4. The van der Waals surface area contributed by atoms with Crippen LogP contribution in [0.4, 0.5) is 5.69 Å². The smallest absolute Gasteiger partial charge is 0.341 e. The van der Waals surface area contributed by atoms with Crippen molar-refractivity contribution in [3.8, 4) is 5.75 Å². The third kappa shape index (κ3) is 4.27. The van der Waals surface area contributed by atoms with Crippen LogP contribution in [0.15, 0.2) is 59.2 Å². The number of amides is 2. The minimum absolute atomic E-state index is 0.0812. The number of fused-ring (bicyclic) bond motifs is 1. The molecule has 0 bridgehead atoms. The molecule has 0 spiro atoms. The molecule has 0 atom stereocenters. The Morgan fingerprint density at radius 1 is 0.853 bits per heavy atom. The maximum Gasteiger partial charge on any atom is 0.341 e. The Balaban J connectivity index is 1.49. The van der Waals surface area contributed by atoms with E-state index in [1.165, 1.54) is 30.5 Å². The first-order chi connectivity index (χ1) is 16.4. The van der Waals surface area contributed by atoms with E-state index in [9.17, 15) is 19.2 Å². The summed E-state index contributed by atoms with van der Waals surface area (Å²) in [6, 6.07) is 12.1. The molecule has 0 radical (unpaired) electrons. The van der Waals surface area contributed by atoms with Gasteiger partial charge in [0.1, 0.15) is 11.3 Å². The fourth-order valence-corrected chi connectivity index (χ4v) is 3.52. The number of ether oxygens (including phenoxy) is 3. The second-order valence-corrected chi connectivity index (χ2v) is 7.19. The molecule has 0 fully saturated rings. The summed E-state index contributed by atoms with van der Waals surface area (Å²) in [6.45, 7) is 3.92. The molecule has 1 aromatic heterocycles. The molecule has 2 aromatic carbocycles. The zero-order chi connectivity index (χ0) is 24.2. The van der Waals surface area contributed by atoms with Gasteiger partial charge in [-0.3, -0.25) is 9.59 Å². The van der Waals surface area contributed by atoms with Gasteiger partial charge in [0.05, 0.1) is 41.9 Å². The van der Waals surface area contributed by atoms with Crippen LogP contribution in [0.2, 0.25) is 0 Å². The number of benzene rings is 2. The van der Waals surface area contributed by atoms with E-state index in [2.05, 4.69) is 0 Å². The second-order valence-electron chi connectivity index (χ2n) is 7.19. The van der Waals surface area contributed by atoms with E-state index in [0.717, 1.165) is 4.90 Å². The average molecular weight is 463 g/mol. The Bertz CT molecular complexity index is 1260. The van der Waals surface area contributed by atoms with Gasteiger partial charge in [-0.1, -0.05) is 0 Å². The lowest BCUT2D eigenvalue weighted by Crippen LogP contribution is -2.29. The standard InChI is InChI=1S/C25H21NO8/c1-3-31-17-8-6-16(7-9-17)26-22(27)18-10-5-15(13-20(18)23(26)28)24(29)34-14-21-19(11-12-33-21)25(30)32-4-2/h5-13H,3-4,14H2,1-2H3. The summed E-state index contributed by atoms with van der Waals surface area (Å²) in [5, 5.41) is 0. The van der Waals surface area contributed by atoms with Gasteiger partial charge in [0.2, 0.25) is 0 Å². The largest absolute Gasteiger partial charge is 0.494 e. The van der Waals surface area contributed by atoms with Gasteiger partial charge in [0, 0.05) is 0 Å². The Labute approximate surface area is 194 Å². The van der Waals surface area contributed by atoms with Crippen LogP contribution in [0.1, 0.15) is 61.0 Å². The van der Waals surface area contributed by atoms with Gasteiger partial charge in [0.25, 0.3) is 11.8 Å². The normalized spacial score (nSPS) is 12.5. The number of esters is 2. The van der Waals surface area contributed by atoms with Crippen LogP contribution in [0.3, 0.4) is 0 Å². The Morgan fingerprint density at radius 2 is 1.59 bits per heavy atom. The molecule has 1 aliphatic rings. The van der Waals surface area contributed by atoms with Crippen molar-refractivity contribution in [3.05, 3.63) is 82.8 Å². The van der Waals surface area contributed by atoms with Gasteiger partial charge in [-0.15, -0.1) is 0 Å². The number of imide groups is 1. The molecule has 9 heteroatoms. The van der Waals surface area contributed by atoms with Crippen molar-refractivity contribution in [3.63, 3.8) is 0 Å². The molecule has 2 heterocycles. The van der Waals surface area contributed by atoms with Gasteiger partial charge < -0.3 is 18.6 Å². The highest BCUT2D eigenvalue weighted by Gasteiger charge is 2.37. The fraction of sp³-hybridized carbons (Fsp3) is 0.200. The third-order valence-corrected chi connectivity index (χ3v) is 5.10. The summed E-state index contributed by atoms with van der Waals surface area (Å²) >= 11 is 0. The van der Waals surface area contributed by atoms with E-state index in [1.807, 2.05) is 6.92 Å². The van der Waals surface area contributed by atoms with Gasteiger partial charge in [-0.25, -0.2) is 14.5 Å². The minimum Gasteiger partial charge on any atom is -0.494 e. The number of rotatable bonds is 8. The number of anilines is 1. The molecule has 1 aliphatic heterocycles. The molecule has 4 rings (SSSR count). The van der Waals surface area contributed by atoms with Crippen LogP contribution in [0.5, 0.6) is 5.75 Å². The Kier molecular flexibility index (Phi) is 6.44. The van der Waals surface area contributed by atoms with Crippen molar-refractivity contribution in [1.82, 2.24) is 0 Å². The summed E-state index contributed by atoms with van der Waals surface area (Å²) in [5.74, 6) is -1.60. The van der Waals surface area contributed by atoms with Gasteiger partial charge in [-0.2, -0.15) is 0 Å². The van der Waals surface area contributed by atoms with Crippen molar-refractivity contribution >= 4 is 29.4 Å². The first kappa shape index (κ1) is 22.8. The van der Waals surface area contributed by atoms with E-state index < -0.39 is 23.8 Å². The zero-order valence-corrected chi connectivity index (χ0v) is 18.5. The highest BCUT2D eigenvalue weighted by Crippen LogP contribution is 2.30. The third-order valence-electron chi connectivity index (χ3n) is 5.10. The average Bonchev–Trinajstić information content (AvgIpc) is 3.41. The lowest BCUT2D eigenvalue weighted by atomic mass is 10.1. The molecule has 0 saturated heterocycles. The van der Waals surface area contributed by atoms with E-state index in [-0.39, 0.29) is 41.2 Å². The molecular weight excluding hydrogens is 442 g/mol. The Morgan fingerprint density at radius 3 is 2.29 bits per heavy atom. The van der Waals surface area contributed by atoms with Crippen molar-refractivity contribution in [2.75, 3.05) is 18.1 Å². The molecule has 0 unspecified atom stereocenters. The molecule has 34 heavy (non-hydrogen) atoms. The monoisotopic (exact) mass is 463 g/mol. The lowest BCUT2D eigenvalue weighted by molar-refractivity contribution is 0.0422. The number of hydrogen-bond acceptors (Lipinski definition) is 8. The highest BCUT2D eigenvalue weighted by atomic mass is 16.5. The first-order valence-corrected chi connectivity index (χ1v) is 10.6. The van der Waals surface area contributed by atoms with Crippen molar-refractivity contribution in [2.45, 2.75) is 20.5 Å². The van der Waals surface area contributed by atoms with Crippen LogP contribution < -0.4 is 9.64 Å². The molecule has 3 aromatic rings. The first-order valence-electron chi connectivity index (χ1n) is 10.6. The predicted octanol–water partition coefficient (Wildman–Crippen LogP) is 4.01. The lowest BCUT2D eigenvalue weighted by Gasteiger charge is -2.14. The van der Waals surface area contributed by atoms with Crippen molar-refractivity contribution in [2.24, 2.45) is 0 Å². The Hall–Kier alpha value is -4.40. The van der Waals surface area contributed by atoms with Gasteiger partial charge in [0.15, 0.2) is 12.4 Å². The van der Waals surface area contributed by atoms with E-state index in [1.54, 1.807) is 31.2 Å². The van der Waals surface area contributed by atoms with Crippen molar-refractivity contribution in [1.29, 1.82) is 0 Å². The number of carbonyl (C=O) groups is 4. The molecule has 0 saturated carbocycles. The van der Waals surface area contributed by atoms with Crippen LogP contribution >= 0.6 is 0 Å². The topological polar surface area (TPSA) is 112 Å². The van der Waals surface area contributed by atoms with E-state index >= 15 is 0 Å². The summed E-state index contributed by atoms with van der Waals surface area (Å²) in [7, 11) is 0. The SMILES string of the molecule is CCOC(=O)c1ccoc1COC(=O)c1ccc2c(c1)C(=O)N(c1ccc(OCC)cc1)C2=O. The quantitative estimate of drug-likeness (QED) is 0.364. The van der Waals surface area contributed by atoms with Crippen LogP contribution in [-0.2, 0) is 16.1 Å². The minimum atomic E-state index is -0.742. The van der Waals surface area contributed by atoms with Gasteiger partial charge >= 0.3 is 11.9 Å². The molecule has 0 N–H and O–H groups in total. The second kappa shape index (κ2) is 9.62. The maximum atomic E-state index is 13.0.